The summed E-state index contributed by atoms with van der Waals surface area (Å²) < 4.78 is 0. The molecular formula is C20H18N2. The number of aromatic nitrogens is 1. The number of aryl methyl sites for hydroxylation is 2. The molecule has 0 aliphatic rings. The molecule has 0 unspecified atom stereocenters. The molecule has 1 heterocycles. The Morgan fingerprint density at radius 2 is 1.82 bits per heavy atom. The van der Waals surface area contributed by atoms with Gasteiger partial charge in [-0.25, -0.2) is 0 Å². The summed E-state index contributed by atoms with van der Waals surface area (Å²) in [4.78, 5) is 4.83. The zero-order valence-corrected chi connectivity index (χ0v) is 12.9. The van der Waals surface area contributed by atoms with E-state index in [0.717, 1.165) is 35.2 Å². The molecule has 2 nitrogen and oxygen atoms in total. The summed E-state index contributed by atoms with van der Waals surface area (Å²) in [5.41, 5.74) is 4.95. The van der Waals surface area contributed by atoms with Gasteiger partial charge in [0, 0.05) is 16.6 Å². The fourth-order valence-electron chi connectivity index (χ4n) is 2.75. The van der Waals surface area contributed by atoms with Crippen molar-refractivity contribution >= 4 is 10.8 Å². The first-order valence-electron chi connectivity index (χ1n) is 7.68. The molecule has 0 fully saturated rings. The molecular weight excluding hydrogens is 268 g/mol. The molecule has 0 aliphatic heterocycles. The second-order valence-electron chi connectivity index (χ2n) is 5.42. The van der Waals surface area contributed by atoms with Crippen LogP contribution in [0.5, 0.6) is 0 Å². The van der Waals surface area contributed by atoms with E-state index in [4.69, 9.17) is 4.98 Å². The van der Waals surface area contributed by atoms with Crippen molar-refractivity contribution in [1.82, 2.24) is 4.98 Å². The first-order valence-corrected chi connectivity index (χ1v) is 7.68. The van der Waals surface area contributed by atoms with Crippen LogP contribution in [0.4, 0.5) is 0 Å². The van der Waals surface area contributed by atoms with Crippen molar-refractivity contribution in [2.24, 2.45) is 0 Å². The standard InChI is InChI=1S/C20H18N2/c1-3-14-9-15(13-21)11-17(10-14)20-19-8-6-5-7-16(19)12-18(4-2)22-20/h5-12H,3-4H2,1-2H3. The van der Waals surface area contributed by atoms with Crippen LogP contribution in [-0.4, -0.2) is 4.98 Å². The van der Waals surface area contributed by atoms with Crippen LogP contribution in [0.2, 0.25) is 0 Å². The van der Waals surface area contributed by atoms with Gasteiger partial charge in [0.1, 0.15) is 0 Å². The third-order valence-electron chi connectivity index (χ3n) is 3.96. The zero-order chi connectivity index (χ0) is 15.5. The van der Waals surface area contributed by atoms with E-state index in [2.05, 4.69) is 50.2 Å². The molecule has 0 saturated heterocycles. The van der Waals surface area contributed by atoms with E-state index in [1.165, 1.54) is 10.9 Å². The van der Waals surface area contributed by atoms with E-state index in [9.17, 15) is 5.26 Å². The maximum atomic E-state index is 9.27. The van der Waals surface area contributed by atoms with Crippen LogP contribution in [0.15, 0.2) is 48.5 Å². The van der Waals surface area contributed by atoms with Gasteiger partial charge in [0.05, 0.1) is 17.3 Å². The van der Waals surface area contributed by atoms with Gasteiger partial charge in [-0.3, -0.25) is 4.98 Å². The van der Waals surface area contributed by atoms with Crippen LogP contribution in [0.25, 0.3) is 22.0 Å². The highest BCUT2D eigenvalue weighted by molar-refractivity contribution is 5.95. The van der Waals surface area contributed by atoms with Gasteiger partial charge in [-0.05, 0) is 48.1 Å². The van der Waals surface area contributed by atoms with Gasteiger partial charge in [0.2, 0.25) is 0 Å². The SMILES string of the molecule is CCc1cc(C#N)cc(-c2nc(CC)cc3ccccc23)c1. The number of hydrogen-bond donors (Lipinski definition) is 0. The van der Waals surface area contributed by atoms with Crippen LogP contribution in [-0.2, 0) is 12.8 Å². The molecule has 0 saturated carbocycles. The van der Waals surface area contributed by atoms with Gasteiger partial charge in [-0.1, -0.05) is 38.1 Å². The lowest BCUT2D eigenvalue weighted by atomic mass is 9.98. The Balaban J connectivity index is 2.32. The number of nitrogens with zero attached hydrogens (tertiary/aromatic N) is 2. The van der Waals surface area contributed by atoms with Crippen LogP contribution < -0.4 is 0 Å². The molecule has 1 aromatic heterocycles. The number of fused-ring (bicyclic) bond motifs is 1. The lowest BCUT2D eigenvalue weighted by Crippen LogP contribution is -1.94. The van der Waals surface area contributed by atoms with Crippen molar-refractivity contribution in [3.05, 3.63) is 65.4 Å². The molecule has 108 valence electrons. The minimum absolute atomic E-state index is 0.696. The van der Waals surface area contributed by atoms with Gasteiger partial charge in [0.15, 0.2) is 0 Å². The van der Waals surface area contributed by atoms with Crippen molar-refractivity contribution in [1.29, 1.82) is 5.26 Å². The minimum atomic E-state index is 0.696. The Labute approximate surface area is 131 Å². The third-order valence-corrected chi connectivity index (χ3v) is 3.96. The predicted octanol–water partition coefficient (Wildman–Crippen LogP) is 4.90. The fraction of sp³-hybridized carbons (Fsp3) is 0.200. The Morgan fingerprint density at radius 1 is 1.00 bits per heavy atom. The predicted molar refractivity (Wildman–Crippen MR) is 90.7 cm³/mol. The number of rotatable bonds is 3. The molecule has 2 heteroatoms. The highest BCUT2D eigenvalue weighted by atomic mass is 14.7. The molecule has 0 aliphatic carbocycles. The fourth-order valence-corrected chi connectivity index (χ4v) is 2.75. The number of nitriles is 1. The van der Waals surface area contributed by atoms with Gasteiger partial charge in [-0.2, -0.15) is 5.26 Å². The highest BCUT2D eigenvalue weighted by Gasteiger charge is 2.09. The number of hydrogen-bond acceptors (Lipinski definition) is 2. The molecule has 0 amide bonds. The summed E-state index contributed by atoms with van der Waals surface area (Å²) in [6.45, 7) is 4.22. The summed E-state index contributed by atoms with van der Waals surface area (Å²) >= 11 is 0. The normalized spacial score (nSPS) is 10.6. The maximum Gasteiger partial charge on any atom is 0.0991 e. The topological polar surface area (TPSA) is 36.7 Å². The highest BCUT2D eigenvalue weighted by Crippen LogP contribution is 2.29. The van der Waals surface area contributed by atoms with Crippen LogP contribution >= 0.6 is 0 Å². The van der Waals surface area contributed by atoms with Crippen molar-refractivity contribution in [3.63, 3.8) is 0 Å². The quantitative estimate of drug-likeness (QED) is 0.686. The monoisotopic (exact) mass is 286 g/mol. The molecule has 0 atom stereocenters. The van der Waals surface area contributed by atoms with E-state index in [0.29, 0.717) is 5.56 Å². The van der Waals surface area contributed by atoms with Gasteiger partial charge in [0.25, 0.3) is 0 Å². The first kappa shape index (κ1) is 14.3. The second-order valence-corrected chi connectivity index (χ2v) is 5.42. The molecule has 0 N–H and O–H groups in total. The van der Waals surface area contributed by atoms with Gasteiger partial charge >= 0.3 is 0 Å². The summed E-state index contributed by atoms with van der Waals surface area (Å²) in [5.74, 6) is 0. The number of pyridine rings is 1. The largest absolute Gasteiger partial charge is 0.252 e. The van der Waals surface area contributed by atoms with E-state index < -0.39 is 0 Å². The lowest BCUT2D eigenvalue weighted by molar-refractivity contribution is 1.05. The van der Waals surface area contributed by atoms with E-state index in [1.807, 2.05) is 18.2 Å². The van der Waals surface area contributed by atoms with Crippen LogP contribution in [0, 0.1) is 11.3 Å². The molecule has 22 heavy (non-hydrogen) atoms. The lowest BCUT2D eigenvalue weighted by Gasteiger charge is -2.10. The molecule has 0 radical (unpaired) electrons. The maximum absolute atomic E-state index is 9.27. The Morgan fingerprint density at radius 3 is 2.55 bits per heavy atom. The molecule has 3 aromatic rings. The summed E-state index contributed by atoms with van der Waals surface area (Å²) in [6.07, 6.45) is 1.81. The minimum Gasteiger partial charge on any atom is -0.252 e. The van der Waals surface area contributed by atoms with E-state index in [1.54, 1.807) is 0 Å². The molecule has 3 rings (SSSR count). The van der Waals surface area contributed by atoms with Crippen molar-refractivity contribution in [3.8, 4) is 17.3 Å². The van der Waals surface area contributed by atoms with Crippen molar-refractivity contribution in [2.45, 2.75) is 26.7 Å². The summed E-state index contributed by atoms with van der Waals surface area (Å²) in [7, 11) is 0. The zero-order valence-electron chi connectivity index (χ0n) is 12.9. The molecule has 0 spiro atoms. The summed E-state index contributed by atoms with van der Waals surface area (Å²) in [5, 5.41) is 11.6. The Kier molecular flexibility index (Phi) is 3.89. The van der Waals surface area contributed by atoms with E-state index in [-0.39, 0.29) is 0 Å². The van der Waals surface area contributed by atoms with Crippen molar-refractivity contribution < 1.29 is 0 Å². The average Bonchev–Trinajstić information content (AvgIpc) is 2.60. The first-order chi connectivity index (χ1) is 10.7. The third kappa shape index (κ3) is 2.58. The molecule has 2 aromatic carbocycles. The second kappa shape index (κ2) is 5.99. The van der Waals surface area contributed by atoms with Crippen molar-refractivity contribution in [2.75, 3.05) is 0 Å². The Bertz CT molecular complexity index is 872. The average molecular weight is 286 g/mol. The summed E-state index contributed by atoms with van der Waals surface area (Å²) in [6, 6.07) is 18.8. The number of benzene rings is 2. The molecule has 0 bridgehead atoms. The smallest absolute Gasteiger partial charge is 0.0991 e. The van der Waals surface area contributed by atoms with Gasteiger partial charge in [-0.15, -0.1) is 0 Å². The Hall–Kier alpha value is -2.66. The van der Waals surface area contributed by atoms with E-state index >= 15 is 0 Å². The van der Waals surface area contributed by atoms with Crippen LogP contribution in [0.1, 0.15) is 30.7 Å². The van der Waals surface area contributed by atoms with Crippen LogP contribution in [0.3, 0.4) is 0 Å². The van der Waals surface area contributed by atoms with Gasteiger partial charge < -0.3 is 0 Å².